The topological polar surface area (TPSA) is 90.2 Å². The van der Waals surface area contributed by atoms with Crippen LogP contribution in [0.25, 0.3) is 0 Å². The average Bonchev–Trinajstić information content (AvgIpc) is 2.86. The zero-order valence-corrected chi connectivity index (χ0v) is 17.0. The molecule has 5 heteroatoms. The minimum atomic E-state index is -1.72. The first-order valence-corrected chi connectivity index (χ1v) is 11.0. The molecule has 27 heavy (non-hydrogen) atoms. The van der Waals surface area contributed by atoms with E-state index < -0.39 is 23.6 Å². The highest BCUT2D eigenvalue weighted by atomic mass is 16.7. The highest BCUT2D eigenvalue weighted by Crippen LogP contribution is 2.48. The molecule has 2 unspecified atom stereocenters. The Bertz CT molecular complexity index is 430. The van der Waals surface area contributed by atoms with E-state index in [9.17, 15) is 20.4 Å². The standard InChI is InChI=1S/C22H40O5/c1-2-3-4-5-6-7-8-9-10-11-12-13-14-18-15-21(25)16-19(23)20(24)17-22(21,26)27-18/h7-8,18-20,23-26H,2-6,9-17H2,1H3/b8-7-/t18-,19-,20+,21?,22?/m0/s1. The molecule has 0 aromatic carbocycles. The Kier molecular flexibility index (Phi) is 9.23. The molecule has 2 aliphatic rings. The van der Waals surface area contributed by atoms with Gasteiger partial charge in [0.2, 0.25) is 0 Å². The largest absolute Gasteiger partial charge is 0.390 e. The number of rotatable bonds is 12. The zero-order chi connectivity index (χ0) is 19.8. The van der Waals surface area contributed by atoms with E-state index in [-0.39, 0.29) is 18.9 Å². The number of ether oxygens (including phenoxy) is 1. The van der Waals surface area contributed by atoms with Crippen LogP contribution in [-0.2, 0) is 4.74 Å². The van der Waals surface area contributed by atoms with Gasteiger partial charge in [0.05, 0.1) is 18.3 Å². The van der Waals surface area contributed by atoms with E-state index in [1.54, 1.807) is 0 Å². The molecule has 1 saturated carbocycles. The summed E-state index contributed by atoms with van der Waals surface area (Å²) in [5.41, 5.74) is -1.45. The highest BCUT2D eigenvalue weighted by Gasteiger charge is 2.62. The average molecular weight is 385 g/mol. The summed E-state index contributed by atoms with van der Waals surface area (Å²) < 4.78 is 5.70. The molecule has 1 saturated heterocycles. The minimum absolute atomic E-state index is 0.0358. The fourth-order valence-corrected chi connectivity index (χ4v) is 4.42. The second-order valence-corrected chi connectivity index (χ2v) is 8.62. The Labute approximate surface area is 164 Å². The number of unbranched alkanes of at least 4 members (excludes halogenated alkanes) is 8. The fourth-order valence-electron chi connectivity index (χ4n) is 4.42. The molecular formula is C22H40O5. The van der Waals surface area contributed by atoms with Crippen LogP contribution in [0.15, 0.2) is 12.2 Å². The SMILES string of the molecule is CCCCCC/C=C\CCCCCC[C@H]1CC2(O)C[C@H](O)[C@H](O)CC2(O)O1. The van der Waals surface area contributed by atoms with Gasteiger partial charge in [-0.25, -0.2) is 0 Å². The van der Waals surface area contributed by atoms with Crippen LogP contribution in [0.4, 0.5) is 0 Å². The van der Waals surface area contributed by atoms with Gasteiger partial charge in [-0.05, 0) is 32.1 Å². The summed E-state index contributed by atoms with van der Waals surface area (Å²) >= 11 is 0. The van der Waals surface area contributed by atoms with Gasteiger partial charge in [-0.1, -0.05) is 57.6 Å². The van der Waals surface area contributed by atoms with Gasteiger partial charge >= 0.3 is 0 Å². The summed E-state index contributed by atoms with van der Waals surface area (Å²) in [6.07, 6.45) is 15.4. The van der Waals surface area contributed by atoms with Crippen molar-refractivity contribution < 1.29 is 25.2 Å². The van der Waals surface area contributed by atoms with Crippen LogP contribution in [0.5, 0.6) is 0 Å². The number of hydrogen-bond donors (Lipinski definition) is 4. The quantitative estimate of drug-likeness (QED) is 0.305. The van der Waals surface area contributed by atoms with Crippen LogP contribution in [0.1, 0.15) is 96.8 Å². The lowest BCUT2D eigenvalue weighted by Crippen LogP contribution is -2.60. The smallest absolute Gasteiger partial charge is 0.197 e. The summed E-state index contributed by atoms with van der Waals surface area (Å²) in [6.45, 7) is 2.24. The number of fused-ring (bicyclic) bond motifs is 1. The lowest BCUT2D eigenvalue weighted by atomic mass is 9.75. The van der Waals surface area contributed by atoms with Gasteiger partial charge in [0.25, 0.3) is 0 Å². The van der Waals surface area contributed by atoms with Crippen LogP contribution in [0.3, 0.4) is 0 Å². The van der Waals surface area contributed by atoms with Crippen LogP contribution in [0, 0.1) is 0 Å². The van der Waals surface area contributed by atoms with Crippen LogP contribution >= 0.6 is 0 Å². The van der Waals surface area contributed by atoms with Gasteiger partial charge in [0, 0.05) is 19.3 Å². The van der Waals surface area contributed by atoms with Crippen molar-refractivity contribution in [3.63, 3.8) is 0 Å². The molecule has 0 amide bonds. The fraction of sp³-hybridized carbons (Fsp3) is 0.909. The monoisotopic (exact) mass is 384 g/mol. The van der Waals surface area contributed by atoms with Crippen LogP contribution in [-0.4, -0.2) is 50.1 Å². The third-order valence-electron chi connectivity index (χ3n) is 6.17. The van der Waals surface area contributed by atoms with Crippen molar-refractivity contribution in [3.05, 3.63) is 12.2 Å². The van der Waals surface area contributed by atoms with Crippen molar-refractivity contribution in [2.75, 3.05) is 0 Å². The predicted molar refractivity (Wildman–Crippen MR) is 106 cm³/mol. The van der Waals surface area contributed by atoms with Crippen molar-refractivity contribution in [1.29, 1.82) is 0 Å². The summed E-state index contributed by atoms with van der Waals surface area (Å²) in [7, 11) is 0. The summed E-state index contributed by atoms with van der Waals surface area (Å²) in [5.74, 6) is -1.72. The van der Waals surface area contributed by atoms with E-state index in [2.05, 4.69) is 19.1 Å². The van der Waals surface area contributed by atoms with E-state index in [0.717, 1.165) is 25.7 Å². The molecule has 1 aliphatic heterocycles. The lowest BCUT2D eigenvalue weighted by Gasteiger charge is -2.44. The first-order chi connectivity index (χ1) is 12.9. The van der Waals surface area contributed by atoms with E-state index in [0.29, 0.717) is 6.42 Å². The number of aliphatic hydroxyl groups is 4. The summed E-state index contributed by atoms with van der Waals surface area (Å²) in [6, 6.07) is 0. The molecule has 1 heterocycles. The van der Waals surface area contributed by atoms with Gasteiger partial charge < -0.3 is 25.2 Å². The third-order valence-corrected chi connectivity index (χ3v) is 6.17. The molecule has 5 atom stereocenters. The zero-order valence-electron chi connectivity index (χ0n) is 17.0. The maximum absolute atomic E-state index is 10.7. The van der Waals surface area contributed by atoms with Crippen molar-refractivity contribution >= 4 is 0 Å². The van der Waals surface area contributed by atoms with E-state index in [4.69, 9.17) is 4.74 Å². The van der Waals surface area contributed by atoms with Crippen molar-refractivity contribution in [2.24, 2.45) is 0 Å². The Morgan fingerprint density at radius 2 is 1.41 bits per heavy atom. The third kappa shape index (κ3) is 6.53. The molecule has 5 nitrogen and oxygen atoms in total. The van der Waals surface area contributed by atoms with E-state index in [1.807, 2.05) is 0 Å². The van der Waals surface area contributed by atoms with Gasteiger partial charge in [0.1, 0.15) is 5.60 Å². The normalized spacial score (nSPS) is 36.4. The molecule has 0 radical (unpaired) electrons. The molecule has 0 spiro atoms. The van der Waals surface area contributed by atoms with Gasteiger partial charge in [-0.3, -0.25) is 0 Å². The summed E-state index contributed by atoms with van der Waals surface area (Å²) in [5, 5.41) is 40.8. The number of allylic oxidation sites excluding steroid dienone is 2. The van der Waals surface area contributed by atoms with E-state index in [1.165, 1.54) is 44.9 Å². The second-order valence-electron chi connectivity index (χ2n) is 8.62. The van der Waals surface area contributed by atoms with Gasteiger partial charge in [0.15, 0.2) is 5.79 Å². The van der Waals surface area contributed by atoms with E-state index >= 15 is 0 Å². The first-order valence-electron chi connectivity index (χ1n) is 11.0. The number of hydrogen-bond acceptors (Lipinski definition) is 5. The molecule has 1 aliphatic carbocycles. The minimum Gasteiger partial charge on any atom is -0.390 e. The molecule has 4 N–H and O–H groups in total. The first kappa shape index (κ1) is 22.8. The predicted octanol–water partition coefficient (Wildman–Crippen LogP) is 3.58. The molecule has 2 rings (SSSR count). The van der Waals surface area contributed by atoms with Crippen molar-refractivity contribution in [1.82, 2.24) is 0 Å². The Morgan fingerprint density at radius 1 is 0.815 bits per heavy atom. The van der Waals surface area contributed by atoms with Gasteiger partial charge in [-0.15, -0.1) is 0 Å². The van der Waals surface area contributed by atoms with Crippen LogP contribution < -0.4 is 0 Å². The molecule has 158 valence electrons. The Hall–Kier alpha value is -0.460. The summed E-state index contributed by atoms with van der Waals surface area (Å²) in [4.78, 5) is 0. The highest BCUT2D eigenvalue weighted by molar-refractivity contribution is 5.07. The molecule has 0 aromatic heterocycles. The molecule has 2 fully saturated rings. The molecular weight excluding hydrogens is 344 g/mol. The van der Waals surface area contributed by atoms with Crippen molar-refractivity contribution in [3.8, 4) is 0 Å². The van der Waals surface area contributed by atoms with Gasteiger partial charge in [-0.2, -0.15) is 0 Å². The second kappa shape index (κ2) is 10.9. The maximum atomic E-state index is 10.7. The van der Waals surface area contributed by atoms with Crippen molar-refractivity contribution in [2.45, 2.75) is 127 Å². The van der Waals surface area contributed by atoms with Crippen LogP contribution in [0.2, 0.25) is 0 Å². The molecule has 0 bridgehead atoms. The molecule has 0 aromatic rings. The Morgan fingerprint density at radius 3 is 2.07 bits per heavy atom. The Balaban J connectivity index is 1.54. The number of aliphatic hydroxyl groups excluding tert-OH is 2. The lowest BCUT2D eigenvalue weighted by molar-refractivity contribution is -0.303. The maximum Gasteiger partial charge on any atom is 0.197 e.